The van der Waals surface area contributed by atoms with E-state index in [-0.39, 0.29) is 11.7 Å². The number of aryl methyl sites for hydroxylation is 2. The highest BCUT2D eigenvalue weighted by Crippen LogP contribution is 2.23. The summed E-state index contributed by atoms with van der Waals surface area (Å²) in [6, 6.07) is 16.8. The number of hydrogen-bond donors (Lipinski definition) is 0. The molecule has 2 aromatic rings. The topological polar surface area (TPSA) is 17.1 Å². The van der Waals surface area contributed by atoms with Crippen molar-refractivity contribution in [1.29, 1.82) is 0 Å². The molecule has 0 radical (unpaired) electrons. The normalized spacial score (nSPS) is 12.5. The van der Waals surface area contributed by atoms with E-state index in [1.165, 1.54) is 22.3 Å². The molecule has 2 aromatic carbocycles. The Morgan fingerprint density at radius 1 is 0.952 bits per heavy atom. The van der Waals surface area contributed by atoms with Crippen LogP contribution in [0.3, 0.4) is 0 Å². The van der Waals surface area contributed by atoms with Crippen LogP contribution in [0.4, 0.5) is 0 Å². The zero-order valence-electron chi connectivity index (χ0n) is 13.0. The van der Waals surface area contributed by atoms with Crippen LogP contribution in [0.1, 0.15) is 41.5 Å². The Balaban J connectivity index is 2.21. The van der Waals surface area contributed by atoms with Crippen molar-refractivity contribution in [1.82, 2.24) is 0 Å². The first-order valence-corrected chi connectivity index (χ1v) is 7.35. The molecule has 2 rings (SSSR count). The van der Waals surface area contributed by atoms with Gasteiger partial charge in [-0.05, 0) is 31.9 Å². The van der Waals surface area contributed by atoms with Gasteiger partial charge in [-0.15, -0.1) is 0 Å². The third-order valence-electron chi connectivity index (χ3n) is 3.61. The van der Waals surface area contributed by atoms with Crippen molar-refractivity contribution < 1.29 is 4.79 Å². The lowest BCUT2D eigenvalue weighted by atomic mass is 9.92. The van der Waals surface area contributed by atoms with Gasteiger partial charge in [-0.2, -0.15) is 0 Å². The van der Waals surface area contributed by atoms with E-state index >= 15 is 0 Å². The Morgan fingerprint density at radius 3 is 2.00 bits per heavy atom. The van der Waals surface area contributed by atoms with Gasteiger partial charge >= 0.3 is 0 Å². The number of benzene rings is 2. The summed E-state index contributed by atoms with van der Waals surface area (Å²) in [6.07, 6.45) is 4.79. The number of ketones is 1. The lowest BCUT2D eigenvalue weighted by Crippen LogP contribution is -2.01. The monoisotopic (exact) mass is 278 g/mol. The Bertz CT molecular complexity index is 618. The fraction of sp³-hybridized carbons (Fsp3) is 0.250. The average molecular weight is 278 g/mol. The lowest BCUT2D eigenvalue weighted by Gasteiger charge is -2.12. The molecule has 0 fully saturated rings. The molecule has 0 saturated carbocycles. The Kier molecular flexibility index (Phi) is 5.10. The molecule has 0 aromatic heterocycles. The van der Waals surface area contributed by atoms with Crippen LogP contribution in [0.2, 0.25) is 0 Å². The zero-order chi connectivity index (χ0) is 15.2. The van der Waals surface area contributed by atoms with Crippen molar-refractivity contribution in [3.8, 4) is 0 Å². The summed E-state index contributed by atoms with van der Waals surface area (Å²) in [5, 5.41) is 0. The molecule has 0 amide bonds. The van der Waals surface area contributed by atoms with Crippen molar-refractivity contribution in [2.24, 2.45) is 0 Å². The number of Topliss-reactive ketones (excluding diaryl/α,β-unsaturated/α-hetero) is 1. The second-order valence-electron chi connectivity index (χ2n) is 5.69. The number of rotatable bonds is 5. The molecule has 0 aliphatic heterocycles. The summed E-state index contributed by atoms with van der Waals surface area (Å²) in [5.41, 5.74) is 4.86. The lowest BCUT2D eigenvalue weighted by molar-refractivity contribution is -0.117. The van der Waals surface area contributed by atoms with Crippen LogP contribution in [0.15, 0.2) is 54.6 Å². The molecule has 1 atom stereocenters. The third kappa shape index (κ3) is 4.71. The number of hydrogen-bond acceptors (Lipinski definition) is 1. The molecule has 0 aliphatic carbocycles. The number of carbonyl (C=O) groups is 1. The van der Waals surface area contributed by atoms with E-state index in [1.54, 1.807) is 6.92 Å². The van der Waals surface area contributed by atoms with Gasteiger partial charge in [0.25, 0.3) is 0 Å². The standard InChI is InChI=1S/C20H22O/c1-15-4-8-18(9-5-15)10-13-20(14-17(3)21)19-11-6-16(2)7-12-19/h4-13,20H,14H2,1-3H3/b13-10+. The van der Waals surface area contributed by atoms with Crippen molar-refractivity contribution in [2.45, 2.75) is 33.1 Å². The first-order chi connectivity index (χ1) is 10.0. The summed E-state index contributed by atoms with van der Waals surface area (Å²) in [5.74, 6) is 0.360. The molecule has 21 heavy (non-hydrogen) atoms. The molecule has 0 aliphatic rings. The first-order valence-electron chi connectivity index (χ1n) is 7.35. The van der Waals surface area contributed by atoms with Crippen LogP contribution >= 0.6 is 0 Å². The Hall–Kier alpha value is -2.15. The summed E-state index contributed by atoms with van der Waals surface area (Å²) >= 11 is 0. The minimum absolute atomic E-state index is 0.143. The van der Waals surface area contributed by atoms with Crippen molar-refractivity contribution in [2.75, 3.05) is 0 Å². The van der Waals surface area contributed by atoms with Gasteiger partial charge in [0.05, 0.1) is 0 Å². The average Bonchev–Trinajstić information content (AvgIpc) is 2.46. The smallest absolute Gasteiger partial charge is 0.130 e. The second kappa shape index (κ2) is 7.03. The van der Waals surface area contributed by atoms with Crippen molar-refractivity contribution >= 4 is 11.9 Å². The molecule has 0 spiro atoms. The molecule has 0 heterocycles. The molecule has 108 valence electrons. The van der Waals surface area contributed by atoms with Gasteiger partial charge in [-0.3, -0.25) is 4.79 Å². The molecular weight excluding hydrogens is 256 g/mol. The summed E-state index contributed by atoms with van der Waals surface area (Å²) in [4.78, 5) is 11.5. The van der Waals surface area contributed by atoms with E-state index in [4.69, 9.17) is 0 Å². The largest absolute Gasteiger partial charge is 0.300 e. The molecule has 0 bridgehead atoms. The molecule has 0 N–H and O–H groups in total. The quantitative estimate of drug-likeness (QED) is 0.745. The van der Waals surface area contributed by atoms with Crippen LogP contribution in [0, 0.1) is 13.8 Å². The van der Waals surface area contributed by atoms with Gasteiger partial charge in [0.15, 0.2) is 0 Å². The highest BCUT2D eigenvalue weighted by atomic mass is 16.1. The molecule has 1 unspecified atom stereocenters. The minimum Gasteiger partial charge on any atom is -0.300 e. The van der Waals surface area contributed by atoms with Crippen LogP contribution in [-0.4, -0.2) is 5.78 Å². The van der Waals surface area contributed by atoms with E-state index in [1.807, 2.05) is 0 Å². The number of allylic oxidation sites excluding steroid dienone is 1. The fourth-order valence-electron chi connectivity index (χ4n) is 2.33. The minimum atomic E-state index is 0.143. The molecule has 1 heteroatoms. The van der Waals surface area contributed by atoms with Gasteiger partial charge in [0.1, 0.15) is 5.78 Å². The van der Waals surface area contributed by atoms with E-state index in [9.17, 15) is 4.79 Å². The SMILES string of the molecule is CC(=O)CC(/C=C/c1ccc(C)cc1)c1ccc(C)cc1. The fourth-order valence-corrected chi connectivity index (χ4v) is 2.33. The van der Waals surface area contributed by atoms with Crippen molar-refractivity contribution in [3.05, 3.63) is 76.9 Å². The molecular formula is C20H22O. The summed E-state index contributed by atoms with van der Waals surface area (Å²) in [7, 11) is 0. The van der Waals surface area contributed by atoms with E-state index < -0.39 is 0 Å². The van der Waals surface area contributed by atoms with E-state index in [0.29, 0.717) is 6.42 Å². The van der Waals surface area contributed by atoms with E-state index in [2.05, 4.69) is 74.5 Å². The highest BCUT2D eigenvalue weighted by molar-refractivity contribution is 5.77. The Morgan fingerprint density at radius 2 is 1.48 bits per heavy atom. The van der Waals surface area contributed by atoms with Gasteiger partial charge in [0.2, 0.25) is 0 Å². The second-order valence-corrected chi connectivity index (χ2v) is 5.69. The predicted octanol–water partition coefficient (Wildman–Crippen LogP) is 5.08. The maximum Gasteiger partial charge on any atom is 0.130 e. The summed E-state index contributed by atoms with van der Waals surface area (Å²) in [6.45, 7) is 5.81. The maximum atomic E-state index is 11.5. The van der Waals surface area contributed by atoms with Gasteiger partial charge in [-0.1, -0.05) is 71.8 Å². The van der Waals surface area contributed by atoms with Crippen LogP contribution in [0.5, 0.6) is 0 Å². The van der Waals surface area contributed by atoms with Crippen LogP contribution in [0.25, 0.3) is 6.08 Å². The van der Waals surface area contributed by atoms with Crippen LogP contribution in [-0.2, 0) is 4.79 Å². The first kappa shape index (κ1) is 15.2. The van der Waals surface area contributed by atoms with Gasteiger partial charge in [-0.25, -0.2) is 0 Å². The zero-order valence-corrected chi connectivity index (χ0v) is 13.0. The molecule has 0 saturated heterocycles. The number of carbonyl (C=O) groups excluding carboxylic acids is 1. The highest BCUT2D eigenvalue weighted by Gasteiger charge is 2.10. The van der Waals surface area contributed by atoms with E-state index in [0.717, 1.165) is 0 Å². The summed E-state index contributed by atoms with van der Waals surface area (Å²) < 4.78 is 0. The third-order valence-corrected chi connectivity index (χ3v) is 3.61. The predicted molar refractivity (Wildman–Crippen MR) is 89.4 cm³/mol. The maximum absolute atomic E-state index is 11.5. The Labute approximate surface area is 127 Å². The van der Waals surface area contributed by atoms with Crippen LogP contribution < -0.4 is 0 Å². The van der Waals surface area contributed by atoms with Gasteiger partial charge < -0.3 is 0 Å². The van der Waals surface area contributed by atoms with Gasteiger partial charge in [0, 0.05) is 12.3 Å². The van der Waals surface area contributed by atoms with Crippen molar-refractivity contribution in [3.63, 3.8) is 0 Å². The molecule has 1 nitrogen and oxygen atoms in total.